The summed E-state index contributed by atoms with van der Waals surface area (Å²) in [7, 11) is 0. The van der Waals surface area contributed by atoms with Crippen molar-refractivity contribution < 1.29 is 19.4 Å². The molecule has 160 valence electrons. The van der Waals surface area contributed by atoms with Gasteiger partial charge in [-0.15, -0.1) is 0 Å². The van der Waals surface area contributed by atoms with E-state index in [1.165, 1.54) is 18.4 Å². The van der Waals surface area contributed by atoms with E-state index in [0.717, 1.165) is 33.1 Å². The zero-order valence-electron chi connectivity index (χ0n) is 18.1. The fourth-order valence-electron chi connectivity index (χ4n) is 5.08. The van der Waals surface area contributed by atoms with Gasteiger partial charge in [-0.1, -0.05) is 26.7 Å². The molecule has 29 heavy (non-hydrogen) atoms. The van der Waals surface area contributed by atoms with Crippen molar-refractivity contribution in [3.63, 3.8) is 0 Å². The van der Waals surface area contributed by atoms with Crippen LogP contribution in [-0.4, -0.2) is 34.5 Å². The second kappa shape index (κ2) is 8.53. The Morgan fingerprint density at radius 3 is 2.59 bits per heavy atom. The smallest absolute Gasteiger partial charge is 0.339 e. The first-order valence-electron chi connectivity index (χ1n) is 10.5. The predicted molar refractivity (Wildman–Crippen MR) is 121 cm³/mol. The number of amides is 1. The highest BCUT2D eigenvalue weighted by Gasteiger charge is 2.41. The maximum atomic E-state index is 13.2. The molecule has 0 radical (unpaired) electrons. The summed E-state index contributed by atoms with van der Waals surface area (Å²) in [5.41, 5.74) is 4.74. The Kier molecular flexibility index (Phi) is 6.63. The molecule has 1 aliphatic heterocycles. The summed E-state index contributed by atoms with van der Waals surface area (Å²) in [6, 6.07) is 0.263. The van der Waals surface area contributed by atoms with Gasteiger partial charge >= 0.3 is 5.97 Å². The summed E-state index contributed by atoms with van der Waals surface area (Å²) in [6.07, 6.45) is 3.61. The molecule has 0 aromatic heterocycles. The molecule has 1 fully saturated rings. The average Bonchev–Trinajstić information content (AvgIpc) is 2.66. The number of nitrogens with zero attached hydrogens (tertiary/aromatic N) is 1. The van der Waals surface area contributed by atoms with Crippen molar-refractivity contribution >= 4 is 34.5 Å². The molecule has 2 atom stereocenters. The lowest BCUT2D eigenvalue weighted by Crippen LogP contribution is -2.51. The van der Waals surface area contributed by atoms with Crippen LogP contribution in [0.2, 0.25) is 0 Å². The van der Waals surface area contributed by atoms with Crippen molar-refractivity contribution in [1.82, 2.24) is 4.90 Å². The molecule has 1 unspecified atom stereocenters. The van der Waals surface area contributed by atoms with Gasteiger partial charge in [0.1, 0.15) is 0 Å². The first kappa shape index (κ1) is 22.5. The van der Waals surface area contributed by atoms with Crippen LogP contribution in [0.3, 0.4) is 0 Å². The number of benzene rings is 1. The maximum Gasteiger partial charge on any atom is 0.339 e. The Hall–Kier alpha value is -1.15. The van der Waals surface area contributed by atoms with Crippen molar-refractivity contribution in [1.29, 1.82) is 0 Å². The standard InChI is InChI=1S/C23H32INO4/c1-6-29-22(28)21(27)19-13(2)15-11-18(26)25(12-16(15)14(3)20(19)24)17-9-7-8-10-23(17,4)5/h17,21,27H,6-12H2,1-5H3/t17?,21-/m0/s1. The molecule has 1 amide bonds. The van der Waals surface area contributed by atoms with Gasteiger partial charge in [0.15, 0.2) is 6.10 Å². The number of carbonyl (C=O) groups is 2. The van der Waals surface area contributed by atoms with Crippen molar-refractivity contribution in [3.8, 4) is 0 Å². The summed E-state index contributed by atoms with van der Waals surface area (Å²) in [6.45, 7) is 11.1. The molecular weight excluding hydrogens is 481 g/mol. The quantitative estimate of drug-likeness (QED) is 0.480. The fourth-order valence-corrected chi connectivity index (χ4v) is 6.11. The molecule has 1 saturated carbocycles. The zero-order chi connectivity index (χ0) is 21.5. The molecule has 1 heterocycles. The van der Waals surface area contributed by atoms with Gasteiger partial charge in [0.2, 0.25) is 5.91 Å². The van der Waals surface area contributed by atoms with Gasteiger partial charge in [-0.05, 0) is 83.9 Å². The van der Waals surface area contributed by atoms with Crippen LogP contribution < -0.4 is 0 Å². The second-order valence-electron chi connectivity index (χ2n) is 9.04. The van der Waals surface area contributed by atoms with Gasteiger partial charge < -0.3 is 14.7 Å². The van der Waals surface area contributed by atoms with Crippen LogP contribution >= 0.6 is 22.6 Å². The third kappa shape index (κ3) is 4.07. The first-order chi connectivity index (χ1) is 13.6. The molecule has 0 saturated heterocycles. The highest BCUT2D eigenvalue weighted by Crippen LogP contribution is 2.42. The Balaban J connectivity index is 2.02. The summed E-state index contributed by atoms with van der Waals surface area (Å²) < 4.78 is 5.91. The lowest BCUT2D eigenvalue weighted by Gasteiger charge is -2.47. The summed E-state index contributed by atoms with van der Waals surface area (Å²) in [5, 5.41) is 10.6. The van der Waals surface area contributed by atoms with Gasteiger partial charge in [0.05, 0.1) is 13.0 Å². The molecule has 1 aliphatic carbocycles. The monoisotopic (exact) mass is 513 g/mol. The minimum Gasteiger partial charge on any atom is -0.464 e. The van der Waals surface area contributed by atoms with E-state index in [2.05, 4.69) is 41.3 Å². The highest BCUT2D eigenvalue weighted by atomic mass is 127. The lowest BCUT2D eigenvalue weighted by molar-refractivity contribution is -0.153. The number of carbonyl (C=O) groups excluding carboxylic acids is 2. The highest BCUT2D eigenvalue weighted by molar-refractivity contribution is 14.1. The van der Waals surface area contributed by atoms with Crippen molar-refractivity contribution in [2.75, 3.05) is 6.61 Å². The van der Waals surface area contributed by atoms with Crippen LogP contribution in [-0.2, 0) is 27.3 Å². The van der Waals surface area contributed by atoms with Crippen LogP contribution in [0, 0.1) is 22.8 Å². The number of fused-ring (bicyclic) bond motifs is 1. The molecule has 2 aliphatic rings. The first-order valence-corrected chi connectivity index (χ1v) is 11.6. The molecule has 3 rings (SSSR count). The van der Waals surface area contributed by atoms with Crippen LogP contribution in [0.15, 0.2) is 0 Å². The number of halogens is 1. The number of aliphatic hydroxyl groups excluding tert-OH is 1. The summed E-state index contributed by atoms with van der Waals surface area (Å²) in [4.78, 5) is 27.4. The second-order valence-corrected chi connectivity index (χ2v) is 10.1. The molecular formula is C23H32INO4. The molecule has 1 N–H and O–H groups in total. The number of ether oxygens (including phenoxy) is 1. The molecule has 6 heteroatoms. The zero-order valence-corrected chi connectivity index (χ0v) is 20.3. The molecule has 5 nitrogen and oxygen atoms in total. The SMILES string of the molecule is CCOC(=O)[C@@H](O)c1c(C)c2c(c(C)c1I)CN(C1CCCCC1(C)C)C(=O)C2. The predicted octanol–water partition coefficient (Wildman–Crippen LogP) is 4.36. The van der Waals surface area contributed by atoms with Crippen LogP contribution in [0.4, 0.5) is 0 Å². The molecule has 0 bridgehead atoms. The Bertz CT molecular complexity index is 833. The third-order valence-electron chi connectivity index (χ3n) is 6.83. The van der Waals surface area contributed by atoms with Gasteiger partial charge in [-0.2, -0.15) is 0 Å². The van der Waals surface area contributed by atoms with Crippen molar-refractivity contribution in [3.05, 3.63) is 31.4 Å². The van der Waals surface area contributed by atoms with E-state index < -0.39 is 12.1 Å². The lowest BCUT2D eigenvalue weighted by atomic mass is 9.71. The number of aliphatic hydroxyl groups is 1. The number of esters is 1. The Labute approximate surface area is 187 Å². The Morgan fingerprint density at radius 2 is 1.97 bits per heavy atom. The van der Waals surface area contributed by atoms with E-state index in [0.29, 0.717) is 18.5 Å². The van der Waals surface area contributed by atoms with E-state index >= 15 is 0 Å². The minimum atomic E-state index is -1.32. The van der Waals surface area contributed by atoms with Crippen LogP contribution in [0.1, 0.15) is 80.4 Å². The van der Waals surface area contributed by atoms with Gasteiger partial charge in [0, 0.05) is 21.7 Å². The summed E-state index contributed by atoms with van der Waals surface area (Å²) >= 11 is 2.22. The van der Waals surface area contributed by atoms with E-state index in [4.69, 9.17) is 4.74 Å². The number of hydrogen-bond donors (Lipinski definition) is 1. The van der Waals surface area contributed by atoms with E-state index in [9.17, 15) is 14.7 Å². The summed E-state index contributed by atoms with van der Waals surface area (Å²) in [5.74, 6) is -0.488. The van der Waals surface area contributed by atoms with E-state index in [1.807, 2.05) is 13.8 Å². The normalized spacial score (nSPS) is 22.2. The molecule has 0 spiro atoms. The van der Waals surface area contributed by atoms with Crippen LogP contribution in [0.25, 0.3) is 0 Å². The van der Waals surface area contributed by atoms with Crippen molar-refractivity contribution in [2.24, 2.45) is 5.41 Å². The fraction of sp³-hybridized carbons (Fsp3) is 0.652. The molecule has 1 aromatic rings. The minimum absolute atomic E-state index is 0.127. The topological polar surface area (TPSA) is 66.8 Å². The molecule has 1 aromatic carbocycles. The van der Waals surface area contributed by atoms with Crippen LogP contribution in [0.5, 0.6) is 0 Å². The largest absolute Gasteiger partial charge is 0.464 e. The Morgan fingerprint density at radius 1 is 1.28 bits per heavy atom. The third-order valence-corrected chi connectivity index (χ3v) is 8.22. The average molecular weight is 513 g/mol. The number of rotatable bonds is 4. The van der Waals surface area contributed by atoms with Gasteiger partial charge in [0.25, 0.3) is 0 Å². The van der Waals surface area contributed by atoms with Gasteiger partial charge in [-0.3, -0.25) is 4.79 Å². The maximum absolute atomic E-state index is 13.2. The van der Waals surface area contributed by atoms with Gasteiger partial charge in [-0.25, -0.2) is 4.79 Å². The van der Waals surface area contributed by atoms with E-state index in [-0.39, 0.29) is 24.0 Å². The van der Waals surface area contributed by atoms with E-state index in [1.54, 1.807) is 6.92 Å². The number of hydrogen-bond acceptors (Lipinski definition) is 4. The van der Waals surface area contributed by atoms with Crippen molar-refractivity contribution in [2.45, 2.75) is 85.4 Å².